The van der Waals surface area contributed by atoms with Gasteiger partial charge in [0.25, 0.3) is 6.71 Å². The van der Waals surface area contributed by atoms with Crippen LogP contribution in [0.15, 0.2) is 54.6 Å². The first-order valence-electron chi connectivity index (χ1n) is 7.91. The summed E-state index contributed by atoms with van der Waals surface area (Å²) in [6.07, 6.45) is 0. The molecule has 0 saturated carbocycles. The van der Waals surface area contributed by atoms with Crippen LogP contribution in [0.3, 0.4) is 0 Å². The van der Waals surface area contributed by atoms with E-state index in [1.54, 1.807) is 0 Å². The van der Waals surface area contributed by atoms with Crippen LogP contribution in [0.5, 0.6) is 23.0 Å². The molecule has 0 spiro atoms. The van der Waals surface area contributed by atoms with Gasteiger partial charge in [-0.05, 0) is 54.1 Å². The number of aryl methyl sites for hydroxylation is 2. The van der Waals surface area contributed by atoms with Gasteiger partial charge in [0.1, 0.15) is 23.0 Å². The quantitative estimate of drug-likeness (QED) is 0.409. The molecule has 0 aliphatic carbocycles. The fourth-order valence-corrected chi connectivity index (χ4v) is 3.68. The van der Waals surface area contributed by atoms with Crippen LogP contribution in [0.25, 0.3) is 0 Å². The maximum Gasteiger partial charge on any atom is 0.260 e. The summed E-state index contributed by atoms with van der Waals surface area (Å²) in [4.78, 5) is 0. The molecule has 0 saturated heterocycles. The Morgan fingerprint density at radius 1 is 0.739 bits per heavy atom. The summed E-state index contributed by atoms with van der Waals surface area (Å²) in [5.74, 6) is 3.74. The second kappa shape index (κ2) is 4.42. The van der Waals surface area contributed by atoms with Crippen LogP contribution in [0, 0.1) is 13.8 Å². The van der Waals surface area contributed by atoms with E-state index < -0.39 is 0 Å². The zero-order chi connectivity index (χ0) is 15.6. The van der Waals surface area contributed by atoms with Gasteiger partial charge in [0, 0.05) is 5.46 Å². The van der Waals surface area contributed by atoms with Crippen molar-refractivity contribution in [1.29, 1.82) is 0 Å². The SMILES string of the molecule is Cc1ccc2c(c1)Oc1ccc(C)c3c1B2c1ccccc1O3. The van der Waals surface area contributed by atoms with E-state index in [4.69, 9.17) is 9.47 Å². The Balaban J connectivity index is 1.87. The van der Waals surface area contributed by atoms with Crippen molar-refractivity contribution < 1.29 is 9.47 Å². The van der Waals surface area contributed by atoms with E-state index in [0.29, 0.717) is 0 Å². The summed E-state index contributed by atoms with van der Waals surface area (Å²) >= 11 is 0. The first-order chi connectivity index (χ1) is 11.2. The average Bonchev–Trinajstić information content (AvgIpc) is 2.57. The minimum absolute atomic E-state index is 0.175. The van der Waals surface area contributed by atoms with E-state index in [0.717, 1.165) is 34.0 Å². The fourth-order valence-electron chi connectivity index (χ4n) is 3.68. The van der Waals surface area contributed by atoms with Crippen molar-refractivity contribution in [1.82, 2.24) is 0 Å². The lowest BCUT2D eigenvalue weighted by Gasteiger charge is -2.33. The maximum atomic E-state index is 6.21. The second-order valence-electron chi connectivity index (χ2n) is 6.34. The second-order valence-corrected chi connectivity index (χ2v) is 6.34. The normalized spacial score (nSPS) is 13.4. The summed E-state index contributed by atoms with van der Waals surface area (Å²) in [6.45, 7) is 4.36. The highest BCUT2D eigenvalue weighted by atomic mass is 16.5. The van der Waals surface area contributed by atoms with E-state index in [1.807, 2.05) is 12.1 Å². The molecular formula is C20H15BO2. The molecule has 0 atom stereocenters. The van der Waals surface area contributed by atoms with E-state index in [9.17, 15) is 0 Å². The number of benzene rings is 3. The van der Waals surface area contributed by atoms with Crippen LogP contribution in [-0.4, -0.2) is 6.71 Å². The van der Waals surface area contributed by atoms with Gasteiger partial charge in [-0.3, -0.25) is 0 Å². The Morgan fingerprint density at radius 2 is 1.57 bits per heavy atom. The third-order valence-electron chi connectivity index (χ3n) is 4.78. The predicted octanol–water partition coefficient (Wildman–Crippen LogP) is 3.03. The minimum Gasteiger partial charge on any atom is -0.458 e. The van der Waals surface area contributed by atoms with E-state index in [1.165, 1.54) is 16.5 Å². The molecule has 0 unspecified atom stereocenters. The van der Waals surface area contributed by atoms with Crippen LogP contribution >= 0.6 is 0 Å². The van der Waals surface area contributed by atoms with Crippen molar-refractivity contribution in [2.45, 2.75) is 13.8 Å². The number of fused-ring (bicyclic) bond motifs is 4. The highest BCUT2D eigenvalue weighted by Crippen LogP contribution is 2.36. The van der Waals surface area contributed by atoms with Crippen LogP contribution in [0.4, 0.5) is 0 Å². The van der Waals surface area contributed by atoms with Gasteiger partial charge in [-0.25, -0.2) is 0 Å². The Labute approximate surface area is 135 Å². The van der Waals surface area contributed by atoms with Crippen LogP contribution in [0.1, 0.15) is 11.1 Å². The lowest BCUT2D eigenvalue weighted by Crippen LogP contribution is -2.57. The lowest BCUT2D eigenvalue weighted by atomic mass is 9.34. The minimum atomic E-state index is 0.175. The van der Waals surface area contributed by atoms with Crippen molar-refractivity contribution >= 4 is 23.1 Å². The smallest absolute Gasteiger partial charge is 0.260 e. The highest BCUT2D eigenvalue weighted by molar-refractivity contribution is 6.98. The van der Waals surface area contributed by atoms with E-state index in [-0.39, 0.29) is 6.71 Å². The molecule has 0 radical (unpaired) electrons. The molecule has 2 aliphatic heterocycles. The topological polar surface area (TPSA) is 18.5 Å². The summed E-state index contributed by atoms with van der Waals surface area (Å²) in [7, 11) is 0. The van der Waals surface area contributed by atoms with Crippen molar-refractivity contribution in [3.63, 3.8) is 0 Å². The molecule has 0 fully saturated rings. The van der Waals surface area contributed by atoms with Crippen molar-refractivity contribution in [3.8, 4) is 23.0 Å². The van der Waals surface area contributed by atoms with Gasteiger partial charge in [0.2, 0.25) is 0 Å². The molecule has 2 nitrogen and oxygen atoms in total. The van der Waals surface area contributed by atoms with Gasteiger partial charge < -0.3 is 9.47 Å². The number of rotatable bonds is 0. The Bertz CT molecular complexity index is 962. The van der Waals surface area contributed by atoms with Gasteiger partial charge >= 0.3 is 0 Å². The molecule has 0 aromatic heterocycles. The first-order valence-corrected chi connectivity index (χ1v) is 7.91. The van der Waals surface area contributed by atoms with Gasteiger partial charge in [-0.1, -0.05) is 36.4 Å². The molecule has 110 valence electrons. The summed E-state index contributed by atoms with van der Waals surface area (Å²) in [6, 6.07) is 18.9. The van der Waals surface area contributed by atoms with Crippen LogP contribution in [0.2, 0.25) is 0 Å². The molecule has 2 heterocycles. The van der Waals surface area contributed by atoms with Crippen molar-refractivity contribution in [2.75, 3.05) is 0 Å². The highest BCUT2D eigenvalue weighted by Gasteiger charge is 2.40. The van der Waals surface area contributed by atoms with E-state index in [2.05, 4.69) is 56.3 Å². The van der Waals surface area contributed by atoms with Crippen LogP contribution < -0.4 is 25.9 Å². The van der Waals surface area contributed by atoms with Gasteiger partial charge in [-0.15, -0.1) is 0 Å². The summed E-state index contributed by atoms with van der Waals surface area (Å²) < 4.78 is 12.4. The third kappa shape index (κ3) is 1.71. The molecular weight excluding hydrogens is 283 g/mol. The Kier molecular flexibility index (Phi) is 2.46. The Morgan fingerprint density at radius 3 is 2.48 bits per heavy atom. The number of ether oxygens (including phenoxy) is 2. The zero-order valence-corrected chi connectivity index (χ0v) is 13.1. The molecule has 5 rings (SSSR count). The molecule has 23 heavy (non-hydrogen) atoms. The molecule has 2 aliphatic rings. The molecule has 3 heteroatoms. The fraction of sp³-hybridized carbons (Fsp3) is 0.100. The summed E-state index contributed by atoms with van der Waals surface area (Å²) in [5.41, 5.74) is 5.92. The Hall–Kier alpha value is -2.68. The molecule has 3 aromatic carbocycles. The molecule has 0 amide bonds. The molecule has 0 bridgehead atoms. The lowest BCUT2D eigenvalue weighted by molar-refractivity contribution is 0.462. The number of hydrogen-bond acceptors (Lipinski definition) is 2. The maximum absolute atomic E-state index is 6.21. The summed E-state index contributed by atoms with van der Waals surface area (Å²) in [5, 5.41) is 0. The van der Waals surface area contributed by atoms with Crippen molar-refractivity contribution in [2.24, 2.45) is 0 Å². The van der Waals surface area contributed by atoms with Crippen molar-refractivity contribution in [3.05, 3.63) is 65.7 Å². The monoisotopic (exact) mass is 298 g/mol. The number of para-hydroxylation sites is 1. The predicted molar refractivity (Wildman–Crippen MR) is 93.6 cm³/mol. The van der Waals surface area contributed by atoms with Gasteiger partial charge in [0.15, 0.2) is 0 Å². The third-order valence-corrected chi connectivity index (χ3v) is 4.78. The zero-order valence-electron chi connectivity index (χ0n) is 13.1. The standard InChI is InChI=1S/C20H15BO2/c1-12-7-9-15-18(11-12)22-17-10-8-13(2)20-19(17)21(15)14-5-3-4-6-16(14)23-20/h3-11H,1-2H3. The number of hydrogen-bond donors (Lipinski definition) is 0. The molecule has 0 N–H and O–H groups in total. The average molecular weight is 298 g/mol. The van der Waals surface area contributed by atoms with E-state index >= 15 is 0 Å². The van der Waals surface area contributed by atoms with Crippen LogP contribution in [-0.2, 0) is 0 Å². The molecule has 3 aromatic rings. The largest absolute Gasteiger partial charge is 0.458 e. The van der Waals surface area contributed by atoms with Gasteiger partial charge in [-0.2, -0.15) is 0 Å². The first kappa shape index (κ1) is 12.8. The van der Waals surface area contributed by atoms with Gasteiger partial charge in [0.05, 0.1) is 0 Å².